The van der Waals surface area contributed by atoms with Gasteiger partial charge in [-0.25, -0.2) is 0 Å². The molecule has 2 aliphatic rings. The van der Waals surface area contributed by atoms with Gasteiger partial charge in [0.25, 0.3) is 0 Å². The summed E-state index contributed by atoms with van der Waals surface area (Å²) in [6.07, 6.45) is 11.9. The summed E-state index contributed by atoms with van der Waals surface area (Å²) in [7, 11) is 0. The van der Waals surface area contributed by atoms with Crippen LogP contribution in [0.15, 0.2) is 18.2 Å². The van der Waals surface area contributed by atoms with E-state index in [-0.39, 0.29) is 0 Å². The Balaban J connectivity index is 1.65. The Morgan fingerprint density at radius 2 is 1.65 bits per heavy atom. The van der Waals surface area contributed by atoms with Gasteiger partial charge in [-0.05, 0) is 50.7 Å². The Bertz CT molecular complexity index is 435. The molecule has 0 saturated heterocycles. The third-order valence-corrected chi connectivity index (χ3v) is 4.59. The Hall–Kier alpha value is -1.38. The predicted molar refractivity (Wildman–Crippen MR) is 84.2 cm³/mol. The van der Waals surface area contributed by atoms with Crippen LogP contribution in [0.1, 0.15) is 57.8 Å². The van der Waals surface area contributed by atoms with E-state index in [1.54, 1.807) is 0 Å². The summed E-state index contributed by atoms with van der Waals surface area (Å²) in [6, 6.07) is 6.63. The van der Waals surface area contributed by atoms with Crippen molar-refractivity contribution >= 4 is 11.4 Å². The molecule has 0 spiro atoms. The third-order valence-electron chi connectivity index (χ3n) is 4.59. The molecule has 3 heteroatoms. The molecule has 2 saturated carbocycles. The van der Waals surface area contributed by atoms with Crippen LogP contribution < -0.4 is 15.8 Å². The standard InChI is InChI=1S/C17H26N2O/c18-16-11-10-15(20-14-8-4-5-9-14)12-17(16)19-13-6-2-1-3-7-13/h10-14,19H,1-9,18H2. The Morgan fingerprint density at radius 1 is 0.950 bits per heavy atom. The van der Waals surface area contributed by atoms with Crippen molar-refractivity contribution in [3.05, 3.63) is 18.2 Å². The number of nitrogens with one attached hydrogen (secondary N) is 1. The topological polar surface area (TPSA) is 47.3 Å². The summed E-state index contributed by atoms with van der Waals surface area (Å²) in [5, 5.41) is 3.61. The zero-order valence-corrected chi connectivity index (χ0v) is 12.2. The van der Waals surface area contributed by atoms with Gasteiger partial charge >= 0.3 is 0 Å². The van der Waals surface area contributed by atoms with Gasteiger partial charge in [0, 0.05) is 12.1 Å². The molecule has 0 heterocycles. The molecule has 2 fully saturated rings. The van der Waals surface area contributed by atoms with Crippen LogP contribution in [0.5, 0.6) is 5.75 Å². The van der Waals surface area contributed by atoms with Crippen molar-refractivity contribution < 1.29 is 4.74 Å². The summed E-state index contributed by atoms with van der Waals surface area (Å²) in [5.41, 5.74) is 7.97. The molecule has 2 aliphatic carbocycles. The molecule has 0 bridgehead atoms. The minimum atomic E-state index is 0.404. The fourth-order valence-electron chi connectivity index (χ4n) is 3.40. The average Bonchev–Trinajstić information content (AvgIpc) is 2.97. The normalized spacial score (nSPS) is 21.0. The van der Waals surface area contributed by atoms with Crippen LogP contribution in [-0.4, -0.2) is 12.1 Å². The molecule has 20 heavy (non-hydrogen) atoms. The van der Waals surface area contributed by atoms with Gasteiger partial charge in [0.15, 0.2) is 0 Å². The molecule has 0 aliphatic heterocycles. The number of ether oxygens (including phenoxy) is 1. The van der Waals surface area contributed by atoms with E-state index in [0.717, 1.165) is 17.1 Å². The highest BCUT2D eigenvalue weighted by atomic mass is 16.5. The molecule has 1 aromatic rings. The van der Waals surface area contributed by atoms with Gasteiger partial charge in [0.05, 0.1) is 17.5 Å². The van der Waals surface area contributed by atoms with Crippen molar-refractivity contribution in [3.63, 3.8) is 0 Å². The van der Waals surface area contributed by atoms with E-state index >= 15 is 0 Å². The quantitative estimate of drug-likeness (QED) is 0.803. The molecule has 0 unspecified atom stereocenters. The molecule has 3 rings (SSSR count). The van der Waals surface area contributed by atoms with E-state index < -0.39 is 0 Å². The second kappa shape index (κ2) is 6.38. The number of nitrogens with two attached hydrogens (primary N) is 1. The molecular formula is C17H26N2O. The zero-order valence-electron chi connectivity index (χ0n) is 12.2. The third kappa shape index (κ3) is 3.38. The first-order valence-electron chi connectivity index (χ1n) is 8.14. The van der Waals surface area contributed by atoms with Gasteiger partial charge in [-0.2, -0.15) is 0 Å². The lowest BCUT2D eigenvalue weighted by Crippen LogP contribution is -2.22. The molecule has 0 atom stereocenters. The van der Waals surface area contributed by atoms with Crippen molar-refractivity contribution in [2.24, 2.45) is 0 Å². The van der Waals surface area contributed by atoms with E-state index in [1.165, 1.54) is 57.8 Å². The van der Waals surface area contributed by atoms with Gasteiger partial charge in [-0.15, -0.1) is 0 Å². The highest BCUT2D eigenvalue weighted by Crippen LogP contribution is 2.31. The Morgan fingerprint density at radius 3 is 2.40 bits per heavy atom. The van der Waals surface area contributed by atoms with Crippen LogP contribution in [-0.2, 0) is 0 Å². The largest absolute Gasteiger partial charge is 0.490 e. The van der Waals surface area contributed by atoms with Crippen LogP contribution in [0.2, 0.25) is 0 Å². The van der Waals surface area contributed by atoms with Crippen molar-refractivity contribution in [1.29, 1.82) is 0 Å². The lowest BCUT2D eigenvalue weighted by molar-refractivity contribution is 0.210. The summed E-state index contributed by atoms with van der Waals surface area (Å²) in [5.74, 6) is 0.962. The van der Waals surface area contributed by atoms with E-state index in [1.807, 2.05) is 12.1 Å². The van der Waals surface area contributed by atoms with Gasteiger partial charge < -0.3 is 15.8 Å². The number of nitrogen functional groups attached to an aromatic ring is 1. The summed E-state index contributed by atoms with van der Waals surface area (Å²) >= 11 is 0. The Labute approximate surface area is 121 Å². The lowest BCUT2D eigenvalue weighted by Gasteiger charge is -2.25. The van der Waals surface area contributed by atoms with Gasteiger partial charge in [0.2, 0.25) is 0 Å². The van der Waals surface area contributed by atoms with E-state index in [2.05, 4.69) is 11.4 Å². The van der Waals surface area contributed by atoms with Crippen LogP contribution >= 0.6 is 0 Å². The van der Waals surface area contributed by atoms with Crippen LogP contribution in [0, 0.1) is 0 Å². The summed E-state index contributed by atoms with van der Waals surface area (Å²) in [6.45, 7) is 0. The molecule has 1 aromatic carbocycles. The van der Waals surface area contributed by atoms with Crippen molar-refractivity contribution in [2.45, 2.75) is 69.9 Å². The molecule has 3 N–H and O–H groups in total. The molecule has 0 radical (unpaired) electrons. The average molecular weight is 274 g/mol. The van der Waals surface area contributed by atoms with Crippen molar-refractivity contribution in [1.82, 2.24) is 0 Å². The van der Waals surface area contributed by atoms with Crippen LogP contribution in [0.4, 0.5) is 11.4 Å². The minimum absolute atomic E-state index is 0.404. The zero-order chi connectivity index (χ0) is 13.8. The fraction of sp³-hybridized carbons (Fsp3) is 0.647. The first-order chi connectivity index (χ1) is 9.81. The monoisotopic (exact) mass is 274 g/mol. The maximum atomic E-state index is 6.10. The van der Waals surface area contributed by atoms with Gasteiger partial charge in [-0.3, -0.25) is 0 Å². The Kier molecular flexibility index (Phi) is 4.34. The van der Waals surface area contributed by atoms with E-state index in [4.69, 9.17) is 10.5 Å². The fourth-order valence-corrected chi connectivity index (χ4v) is 3.40. The van der Waals surface area contributed by atoms with Crippen molar-refractivity contribution in [3.8, 4) is 5.75 Å². The summed E-state index contributed by atoms with van der Waals surface area (Å²) < 4.78 is 6.06. The lowest BCUT2D eigenvalue weighted by atomic mass is 9.95. The first-order valence-corrected chi connectivity index (χ1v) is 8.14. The smallest absolute Gasteiger partial charge is 0.121 e. The predicted octanol–water partition coefficient (Wildman–Crippen LogP) is 4.33. The SMILES string of the molecule is Nc1ccc(OC2CCCC2)cc1NC1CCCCC1. The molecule has 3 nitrogen and oxygen atoms in total. The first kappa shape index (κ1) is 13.6. The number of hydrogen-bond acceptors (Lipinski definition) is 3. The maximum absolute atomic E-state index is 6.10. The van der Waals surface area contributed by atoms with E-state index in [9.17, 15) is 0 Å². The summed E-state index contributed by atoms with van der Waals surface area (Å²) in [4.78, 5) is 0. The second-order valence-corrected chi connectivity index (χ2v) is 6.25. The molecule has 110 valence electrons. The van der Waals surface area contributed by atoms with E-state index in [0.29, 0.717) is 12.1 Å². The number of rotatable bonds is 4. The highest BCUT2D eigenvalue weighted by Gasteiger charge is 2.18. The van der Waals surface area contributed by atoms with Crippen LogP contribution in [0.3, 0.4) is 0 Å². The molecular weight excluding hydrogens is 248 g/mol. The molecule has 0 aromatic heterocycles. The highest BCUT2D eigenvalue weighted by molar-refractivity contribution is 5.68. The van der Waals surface area contributed by atoms with Crippen LogP contribution in [0.25, 0.3) is 0 Å². The number of hydrogen-bond donors (Lipinski definition) is 2. The molecule has 0 amide bonds. The maximum Gasteiger partial charge on any atom is 0.121 e. The number of benzene rings is 1. The second-order valence-electron chi connectivity index (χ2n) is 6.25. The van der Waals surface area contributed by atoms with Crippen molar-refractivity contribution in [2.75, 3.05) is 11.1 Å². The van der Waals surface area contributed by atoms with Gasteiger partial charge in [0.1, 0.15) is 5.75 Å². The number of anilines is 2. The van der Waals surface area contributed by atoms with Gasteiger partial charge in [-0.1, -0.05) is 19.3 Å². The minimum Gasteiger partial charge on any atom is -0.490 e.